The molecule has 0 radical (unpaired) electrons. The summed E-state index contributed by atoms with van der Waals surface area (Å²) in [6.45, 7) is 1.57. The Morgan fingerprint density at radius 2 is 2.10 bits per heavy atom. The first kappa shape index (κ1) is 15.0. The van der Waals surface area contributed by atoms with E-state index in [1.165, 1.54) is 6.92 Å². The van der Waals surface area contributed by atoms with Crippen molar-refractivity contribution in [2.75, 3.05) is 11.9 Å². The van der Waals surface area contributed by atoms with Crippen LogP contribution in [-0.4, -0.2) is 29.3 Å². The molecule has 0 atom stereocenters. The van der Waals surface area contributed by atoms with Gasteiger partial charge in [0, 0.05) is 17.3 Å². The third kappa shape index (κ3) is 3.82. The van der Waals surface area contributed by atoms with Crippen molar-refractivity contribution in [3.8, 4) is 6.07 Å². The molecule has 1 aliphatic carbocycles. The summed E-state index contributed by atoms with van der Waals surface area (Å²) in [4.78, 5) is 25.3. The molecule has 110 valence electrons. The molecule has 0 saturated heterocycles. The fraction of sp³-hybridized carbons (Fsp3) is 0.438. The number of benzene rings is 1. The van der Waals surface area contributed by atoms with Gasteiger partial charge in [0.05, 0.1) is 6.07 Å². The van der Waals surface area contributed by atoms with E-state index in [9.17, 15) is 9.59 Å². The highest BCUT2D eigenvalue weighted by Crippen LogP contribution is 2.24. The maximum atomic E-state index is 12.3. The normalized spacial score (nSPS) is 14.5. The predicted octanol–water partition coefficient (Wildman–Crippen LogP) is 3.19. The number of Topliss-reactive ketones (excluding diaryl/α,β-unsaturated/α-hetero) is 1. The molecular formula is C16H19N3O2. The predicted molar refractivity (Wildman–Crippen MR) is 80.0 cm³/mol. The second-order valence-corrected chi connectivity index (χ2v) is 5.29. The quantitative estimate of drug-likeness (QED) is 0.682. The largest absolute Gasteiger partial charge is 0.322 e. The van der Waals surface area contributed by atoms with Crippen LogP contribution < -0.4 is 5.32 Å². The summed E-state index contributed by atoms with van der Waals surface area (Å²) in [7, 11) is 0. The fourth-order valence-electron chi connectivity index (χ4n) is 2.67. The fourth-order valence-corrected chi connectivity index (χ4v) is 2.67. The van der Waals surface area contributed by atoms with Gasteiger partial charge in [-0.25, -0.2) is 4.79 Å². The molecule has 0 aliphatic heterocycles. The van der Waals surface area contributed by atoms with Crippen molar-refractivity contribution < 1.29 is 9.59 Å². The molecule has 0 heterocycles. The number of rotatable bonds is 4. The van der Waals surface area contributed by atoms with Gasteiger partial charge in [-0.3, -0.25) is 4.79 Å². The zero-order valence-electron chi connectivity index (χ0n) is 12.1. The van der Waals surface area contributed by atoms with Gasteiger partial charge in [0.1, 0.15) is 6.54 Å². The molecule has 1 aromatic carbocycles. The molecule has 0 aromatic heterocycles. The van der Waals surface area contributed by atoms with Gasteiger partial charge in [-0.15, -0.1) is 0 Å². The minimum atomic E-state index is -0.274. The molecule has 5 heteroatoms. The number of amides is 2. The lowest BCUT2D eigenvalue weighted by Crippen LogP contribution is -2.41. The zero-order valence-corrected chi connectivity index (χ0v) is 12.1. The minimum absolute atomic E-state index is 0.0456. The maximum Gasteiger partial charge on any atom is 0.322 e. The number of nitrogens with zero attached hydrogens (tertiary/aromatic N) is 2. The number of anilines is 1. The van der Waals surface area contributed by atoms with Crippen LogP contribution in [0.1, 0.15) is 43.0 Å². The second kappa shape index (κ2) is 6.89. The van der Waals surface area contributed by atoms with E-state index in [1.54, 1.807) is 29.2 Å². The molecule has 2 amide bonds. The summed E-state index contributed by atoms with van der Waals surface area (Å²) in [5.74, 6) is -0.0456. The molecule has 1 aliphatic rings. The smallest absolute Gasteiger partial charge is 0.308 e. The Kier molecular flexibility index (Phi) is 4.94. The van der Waals surface area contributed by atoms with Gasteiger partial charge in [0.15, 0.2) is 5.78 Å². The second-order valence-electron chi connectivity index (χ2n) is 5.29. The van der Waals surface area contributed by atoms with Crippen LogP contribution in [0.3, 0.4) is 0 Å². The molecular weight excluding hydrogens is 266 g/mol. The van der Waals surface area contributed by atoms with Gasteiger partial charge in [-0.05, 0) is 31.9 Å². The number of hydrogen-bond acceptors (Lipinski definition) is 3. The average molecular weight is 285 g/mol. The molecule has 0 bridgehead atoms. The molecule has 0 unspecified atom stereocenters. The topological polar surface area (TPSA) is 73.2 Å². The zero-order chi connectivity index (χ0) is 15.2. The van der Waals surface area contributed by atoms with Gasteiger partial charge < -0.3 is 10.2 Å². The van der Waals surface area contributed by atoms with Gasteiger partial charge in [-0.1, -0.05) is 25.0 Å². The summed E-state index contributed by atoms with van der Waals surface area (Å²) in [5, 5.41) is 11.7. The van der Waals surface area contributed by atoms with Gasteiger partial charge in [-0.2, -0.15) is 5.26 Å². The molecule has 1 saturated carbocycles. The van der Waals surface area contributed by atoms with Crippen molar-refractivity contribution in [3.63, 3.8) is 0 Å². The van der Waals surface area contributed by atoms with Crippen LogP contribution in [0, 0.1) is 11.3 Å². The number of urea groups is 1. The lowest BCUT2D eigenvalue weighted by Gasteiger charge is -2.26. The van der Waals surface area contributed by atoms with Gasteiger partial charge in [0.2, 0.25) is 0 Å². The highest BCUT2D eigenvalue weighted by molar-refractivity contribution is 5.96. The van der Waals surface area contributed by atoms with Crippen LogP contribution in [0.5, 0.6) is 0 Å². The highest BCUT2D eigenvalue weighted by atomic mass is 16.2. The summed E-state index contributed by atoms with van der Waals surface area (Å²) in [5.41, 5.74) is 1.13. The van der Waals surface area contributed by atoms with E-state index in [0.29, 0.717) is 11.3 Å². The summed E-state index contributed by atoms with van der Waals surface area (Å²) < 4.78 is 0. The van der Waals surface area contributed by atoms with E-state index in [1.807, 2.05) is 0 Å². The number of nitriles is 1. The van der Waals surface area contributed by atoms with Crippen molar-refractivity contribution in [3.05, 3.63) is 29.8 Å². The van der Waals surface area contributed by atoms with E-state index in [0.717, 1.165) is 25.7 Å². The Labute approximate surface area is 124 Å². The number of ketones is 1. The summed E-state index contributed by atoms with van der Waals surface area (Å²) in [6.07, 6.45) is 4.09. The van der Waals surface area contributed by atoms with Crippen LogP contribution in [0.15, 0.2) is 24.3 Å². The number of carbonyl (C=O) groups is 2. The van der Waals surface area contributed by atoms with E-state index in [2.05, 4.69) is 11.4 Å². The van der Waals surface area contributed by atoms with Crippen LogP contribution >= 0.6 is 0 Å². The van der Waals surface area contributed by atoms with Crippen molar-refractivity contribution >= 4 is 17.5 Å². The standard InChI is InChI=1S/C16H19N3O2/c1-12(20)13-5-4-6-14(11-13)18-16(21)19(10-9-17)15-7-2-3-8-15/h4-6,11,15H,2-3,7-8,10H2,1H3,(H,18,21). The number of hydrogen-bond donors (Lipinski definition) is 1. The van der Waals surface area contributed by atoms with E-state index in [4.69, 9.17) is 5.26 Å². The highest BCUT2D eigenvalue weighted by Gasteiger charge is 2.26. The average Bonchev–Trinajstić information content (AvgIpc) is 2.98. The number of carbonyl (C=O) groups excluding carboxylic acids is 2. The Balaban J connectivity index is 2.09. The summed E-state index contributed by atoms with van der Waals surface area (Å²) in [6, 6.07) is 8.75. The first-order valence-electron chi connectivity index (χ1n) is 7.17. The van der Waals surface area contributed by atoms with Crippen molar-refractivity contribution in [2.45, 2.75) is 38.6 Å². The van der Waals surface area contributed by atoms with Gasteiger partial charge in [0.25, 0.3) is 0 Å². The lowest BCUT2D eigenvalue weighted by atomic mass is 10.1. The van der Waals surface area contributed by atoms with Crippen LogP contribution in [0.2, 0.25) is 0 Å². The van der Waals surface area contributed by atoms with Crippen LogP contribution in [0.25, 0.3) is 0 Å². The SMILES string of the molecule is CC(=O)c1cccc(NC(=O)N(CC#N)C2CCCC2)c1. The van der Waals surface area contributed by atoms with Crippen molar-refractivity contribution in [2.24, 2.45) is 0 Å². The van der Waals surface area contributed by atoms with E-state index >= 15 is 0 Å². The first-order chi connectivity index (χ1) is 10.1. The third-order valence-corrected chi connectivity index (χ3v) is 3.79. The third-order valence-electron chi connectivity index (χ3n) is 3.79. The van der Waals surface area contributed by atoms with Crippen molar-refractivity contribution in [1.82, 2.24) is 4.90 Å². The Morgan fingerprint density at radius 3 is 2.71 bits per heavy atom. The first-order valence-corrected chi connectivity index (χ1v) is 7.17. The minimum Gasteiger partial charge on any atom is -0.308 e. The van der Waals surface area contributed by atoms with E-state index in [-0.39, 0.29) is 24.4 Å². The molecule has 1 N–H and O–H groups in total. The molecule has 1 fully saturated rings. The monoisotopic (exact) mass is 285 g/mol. The molecule has 2 rings (SSSR count). The van der Waals surface area contributed by atoms with Crippen LogP contribution in [0.4, 0.5) is 10.5 Å². The molecule has 21 heavy (non-hydrogen) atoms. The molecule has 0 spiro atoms. The summed E-state index contributed by atoms with van der Waals surface area (Å²) >= 11 is 0. The Morgan fingerprint density at radius 1 is 1.38 bits per heavy atom. The molecule has 1 aromatic rings. The maximum absolute atomic E-state index is 12.3. The Hall–Kier alpha value is -2.35. The Bertz CT molecular complexity index is 571. The lowest BCUT2D eigenvalue weighted by molar-refractivity contribution is 0.101. The molecule has 5 nitrogen and oxygen atoms in total. The van der Waals surface area contributed by atoms with Crippen LogP contribution in [-0.2, 0) is 0 Å². The van der Waals surface area contributed by atoms with Gasteiger partial charge >= 0.3 is 6.03 Å². The van der Waals surface area contributed by atoms with E-state index < -0.39 is 0 Å². The van der Waals surface area contributed by atoms with Crippen molar-refractivity contribution in [1.29, 1.82) is 5.26 Å². The number of nitrogens with one attached hydrogen (secondary N) is 1.